The summed E-state index contributed by atoms with van der Waals surface area (Å²) in [5.41, 5.74) is 1.06. The van der Waals surface area contributed by atoms with Crippen molar-refractivity contribution >= 4 is 6.03 Å². The van der Waals surface area contributed by atoms with Crippen LogP contribution in [0, 0.1) is 5.82 Å². The molecule has 128 valence electrons. The van der Waals surface area contributed by atoms with E-state index in [4.69, 9.17) is 4.74 Å². The number of rotatable bonds is 6. The minimum atomic E-state index is -0.601. The van der Waals surface area contributed by atoms with Crippen molar-refractivity contribution in [3.8, 4) is 5.75 Å². The van der Waals surface area contributed by atoms with Gasteiger partial charge in [0.05, 0.1) is 31.4 Å². The SMILES string of the molecule is COc1cccc(F)c1C(C)NC(=O)NC(CO)c1ccccc1. The van der Waals surface area contributed by atoms with Crippen LogP contribution in [0.4, 0.5) is 9.18 Å². The molecule has 0 aliphatic heterocycles. The molecule has 2 aromatic carbocycles. The van der Waals surface area contributed by atoms with Gasteiger partial charge in [-0.25, -0.2) is 9.18 Å². The summed E-state index contributed by atoms with van der Waals surface area (Å²) in [5, 5.41) is 14.8. The molecule has 5 nitrogen and oxygen atoms in total. The monoisotopic (exact) mass is 332 g/mol. The smallest absolute Gasteiger partial charge is 0.315 e. The number of carbonyl (C=O) groups excluding carboxylic acids is 1. The minimum Gasteiger partial charge on any atom is -0.496 e. The Morgan fingerprint density at radius 3 is 2.50 bits per heavy atom. The van der Waals surface area contributed by atoms with Crippen LogP contribution in [-0.4, -0.2) is 24.9 Å². The summed E-state index contributed by atoms with van der Waals surface area (Å²) in [4.78, 5) is 12.2. The molecule has 2 rings (SSSR count). The highest BCUT2D eigenvalue weighted by Crippen LogP contribution is 2.27. The van der Waals surface area contributed by atoms with E-state index in [1.807, 2.05) is 30.3 Å². The third kappa shape index (κ3) is 4.23. The lowest BCUT2D eigenvalue weighted by Crippen LogP contribution is -2.40. The van der Waals surface area contributed by atoms with Crippen molar-refractivity contribution in [1.29, 1.82) is 0 Å². The van der Waals surface area contributed by atoms with Gasteiger partial charge >= 0.3 is 6.03 Å². The van der Waals surface area contributed by atoms with E-state index in [1.54, 1.807) is 19.1 Å². The molecule has 0 saturated carbocycles. The lowest BCUT2D eigenvalue weighted by molar-refractivity contribution is 0.214. The van der Waals surface area contributed by atoms with E-state index >= 15 is 0 Å². The summed E-state index contributed by atoms with van der Waals surface area (Å²) < 4.78 is 19.2. The first-order valence-corrected chi connectivity index (χ1v) is 7.62. The van der Waals surface area contributed by atoms with Gasteiger partial charge in [-0.05, 0) is 24.6 Å². The van der Waals surface area contributed by atoms with Crippen molar-refractivity contribution in [3.63, 3.8) is 0 Å². The Kier molecular flexibility index (Phi) is 6.14. The van der Waals surface area contributed by atoms with Gasteiger partial charge in [-0.15, -0.1) is 0 Å². The van der Waals surface area contributed by atoms with Crippen LogP contribution >= 0.6 is 0 Å². The predicted octanol–water partition coefficient (Wildman–Crippen LogP) is 2.93. The number of halogens is 1. The number of hydrogen-bond donors (Lipinski definition) is 3. The number of ether oxygens (including phenoxy) is 1. The summed E-state index contributed by atoms with van der Waals surface area (Å²) in [6.07, 6.45) is 0. The maximum Gasteiger partial charge on any atom is 0.315 e. The first-order valence-electron chi connectivity index (χ1n) is 7.62. The van der Waals surface area contributed by atoms with Crippen LogP contribution in [0.2, 0.25) is 0 Å². The van der Waals surface area contributed by atoms with E-state index in [1.165, 1.54) is 13.2 Å². The fraction of sp³-hybridized carbons (Fsp3) is 0.278. The van der Waals surface area contributed by atoms with Crippen molar-refractivity contribution in [3.05, 3.63) is 65.5 Å². The number of nitrogens with one attached hydrogen (secondary N) is 2. The van der Waals surface area contributed by atoms with Crippen LogP contribution in [0.15, 0.2) is 48.5 Å². The zero-order chi connectivity index (χ0) is 17.5. The highest BCUT2D eigenvalue weighted by Gasteiger charge is 2.20. The average molecular weight is 332 g/mol. The molecule has 0 aromatic heterocycles. The quantitative estimate of drug-likeness (QED) is 0.762. The van der Waals surface area contributed by atoms with E-state index in [9.17, 15) is 14.3 Å². The van der Waals surface area contributed by atoms with E-state index in [-0.39, 0.29) is 12.2 Å². The van der Waals surface area contributed by atoms with Crippen LogP contribution in [-0.2, 0) is 0 Å². The largest absolute Gasteiger partial charge is 0.496 e. The number of methoxy groups -OCH3 is 1. The fourth-order valence-electron chi connectivity index (χ4n) is 2.50. The van der Waals surface area contributed by atoms with E-state index in [0.29, 0.717) is 5.75 Å². The molecule has 0 radical (unpaired) electrons. The maximum atomic E-state index is 14.0. The number of hydrogen-bond acceptors (Lipinski definition) is 3. The number of carbonyl (C=O) groups is 1. The van der Waals surface area contributed by atoms with Gasteiger partial charge in [0.15, 0.2) is 0 Å². The summed E-state index contributed by atoms with van der Waals surface area (Å²) in [6, 6.07) is 12.0. The van der Waals surface area contributed by atoms with Crippen molar-refractivity contribution in [1.82, 2.24) is 10.6 Å². The molecule has 0 saturated heterocycles. The number of urea groups is 1. The molecule has 0 bridgehead atoms. The van der Waals surface area contributed by atoms with Crippen molar-refractivity contribution in [2.75, 3.05) is 13.7 Å². The van der Waals surface area contributed by atoms with Gasteiger partial charge in [0.25, 0.3) is 0 Å². The molecule has 2 atom stereocenters. The molecule has 0 aliphatic rings. The Morgan fingerprint density at radius 1 is 1.17 bits per heavy atom. The Hall–Kier alpha value is -2.60. The molecule has 0 heterocycles. The Bertz CT molecular complexity index is 679. The van der Waals surface area contributed by atoms with Crippen LogP contribution in [0.3, 0.4) is 0 Å². The highest BCUT2D eigenvalue weighted by molar-refractivity contribution is 5.75. The van der Waals surface area contributed by atoms with E-state index in [0.717, 1.165) is 5.56 Å². The number of aliphatic hydroxyl groups excluding tert-OH is 1. The van der Waals surface area contributed by atoms with Gasteiger partial charge in [0.2, 0.25) is 0 Å². The Labute approximate surface area is 140 Å². The molecule has 24 heavy (non-hydrogen) atoms. The third-order valence-corrected chi connectivity index (χ3v) is 3.70. The minimum absolute atomic E-state index is 0.241. The first kappa shape index (κ1) is 17.7. The standard InChI is InChI=1S/C18H21FN2O3/c1-12(17-14(19)9-6-10-16(17)24-2)20-18(23)21-15(11-22)13-7-4-3-5-8-13/h3-10,12,15,22H,11H2,1-2H3,(H2,20,21,23). The zero-order valence-corrected chi connectivity index (χ0v) is 13.6. The van der Waals surface area contributed by atoms with Gasteiger partial charge < -0.3 is 20.5 Å². The van der Waals surface area contributed by atoms with Gasteiger partial charge in [-0.1, -0.05) is 36.4 Å². The molecular weight excluding hydrogens is 311 g/mol. The zero-order valence-electron chi connectivity index (χ0n) is 13.6. The Balaban J connectivity index is 2.07. The van der Waals surface area contributed by atoms with E-state index in [2.05, 4.69) is 10.6 Å². The summed E-state index contributed by atoms with van der Waals surface area (Å²) in [5.74, 6) is -0.0894. The molecular formula is C18H21FN2O3. The molecule has 0 spiro atoms. The third-order valence-electron chi connectivity index (χ3n) is 3.70. The summed E-state index contributed by atoms with van der Waals surface area (Å²) >= 11 is 0. The number of aliphatic hydroxyl groups is 1. The van der Waals surface area contributed by atoms with Crippen molar-refractivity contribution in [2.45, 2.75) is 19.0 Å². The maximum absolute atomic E-state index is 14.0. The molecule has 0 aliphatic carbocycles. The molecule has 2 unspecified atom stereocenters. The second-order valence-electron chi connectivity index (χ2n) is 5.34. The Morgan fingerprint density at radius 2 is 1.88 bits per heavy atom. The number of benzene rings is 2. The average Bonchev–Trinajstić information content (AvgIpc) is 2.59. The molecule has 2 aromatic rings. The van der Waals surface area contributed by atoms with E-state index < -0.39 is 23.9 Å². The van der Waals surface area contributed by atoms with Crippen LogP contribution in [0.25, 0.3) is 0 Å². The normalized spacial score (nSPS) is 13.0. The molecule has 0 fully saturated rings. The predicted molar refractivity (Wildman–Crippen MR) is 89.3 cm³/mol. The second kappa shape index (κ2) is 8.31. The van der Waals surface area contributed by atoms with Gasteiger partial charge in [-0.3, -0.25) is 0 Å². The van der Waals surface area contributed by atoms with Crippen LogP contribution in [0.1, 0.15) is 30.1 Å². The summed E-state index contributed by atoms with van der Waals surface area (Å²) in [7, 11) is 1.45. The van der Waals surface area contributed by atoms with Gasteiger partial charge in [0, 0.05) is 0 Å². The molecule has 2 amide bonds. The van der Waals surface area contributed by atoms with Crippen LogP contribution in [0.5, 0.6) is 5.75 Å². The van der Waals surface area contributed by atoms with Crippen molar-refractivity contribution in [2.24, 2.45) is 0 Å². The van der Waals surface area contributed by atoms with Crippen molar-refractivity contribution < 1.29 is 19.0 Å². The molecule has 6 heteroatoms. The topological polar surface area (TPSA) is 70.6 Å². The first-order chi connectivity index (χ1) is 11.6. The lowest BCUT2D eigenvalue weighted by Gasteiger charge is -2.21. The summed E-state index contributed by atoms with van der Waals surface area (Å²) in [6.45, 7) is 1.42. The molecule has 3 N–H and O–H groups in total. The van der Waals surface area contributed by atoms with Gasteiger partial charge in [-0.2, -0.15) is 0 Å². The second-order valence-corrected chi connectivity index (χ2v) is 5.34. The highest BCUT2D eigenvalue weighted by atomic mass is 19.1. The van der Waals surface area contributed by atoms with Crippen LogP contribution < -0.4 is 15.4 Å². The lowest BCUT2D eigenvalue weighted by atomic mass is 10.1. The fourth-order valence-corrected chi connectivity index (χ4v) is 2.50. The number of amides is 2. The van der Waals surface area contributed by atoms with Gasteiger partial charge in [0.1, 0.15) is 11.6 Å².